The minimum Gasteiger partial charge on any atom is -0.298 e. The summed E-state index contributed by atoms with van der Waals surface area (Å²) in [7, 11) is 0. The number of alkyl halides is 3. The summed E-state index contributed by atoms with van der Waals surface area (Å²) in [6, 6.07) is 5.90. The zero-order valence-electron chi connectivity index (χ0n) is 10.2. The Balaban J connectivity index is 2.43. The van der Waals surface area contributed by atoms with Crippen molar-refractivity contribution in [1.82, 2.24) is 0 Å². The molecule has 0 aromatic heterocycles. The Labute approximate surface area is 120 Å². The molecule has 0 saturated carbocycles. The maximum Gasteiger partial charge on any atom is 0.417 e. The largest absolute Gasteiger partial charge is 0.417 e. The molecule has 2 aromatic rings. The number of carbonyl (C=O) groups excluding carboxylic acids is 1. The SMILES string of the molecule is O=Cc1ccc(Sc2ccc(F)c(F)c2)c(C(F)(F)F)c1. The van der Waals surface area contributed by atoms with E-state index in [2.05, 4.69) is 0 Å². The zero-order chi connectivity index (χ0) is 15.6. The van der Waals surface area contributed by atoms with Crippen molar-refractivity contribution in [3.63, 3.8) is 0 Å². The van der Waals surface area contributed by atoms with Crippen molar-refractivity contribution in [2.24, 2.45) is 0 Å². The molecule has 0 radical (unpaired) electrons. The minimum atomic E-state index is -4.65. The average Bonchev–Trinajstić information content (AvgIpc) is 2.42. The van der Waals surface area contributed by atoms with Crippen molar-refractivity contribution in [3.8, 4) is 0 Å². The quantitative estimate of drug-likeness (QED) is 0.588. The first-order valence-electron chi connectivity index (χ1n) is 5.60. The monoisotopic (exact) mass is 318 g/mol. The van der Waals surface area contributed by atoms with Crippen molar-refractivity contribution >= 4 is 18.0 Å². The highest BCUT2D eigenvalue weighted by molar-refractivity contribution is 7.99. The minimum absolute atomic E-state index is 0.114. The van der Waals surface area contributed by atoms with Crippen LogP contribution in [0.3, 0.4) is 0 Å². The van der Waals surface area contributed by atoms with E-state index in [0.29, 0.717) is 18.0 Å². The van der Waals surface area contributed by atoms with Crippen molar-refractivity contribution < 1.29 is 26.7 Å². The lowest BCUT2D eigenvalue weighted by atomic mass is 10.1. The number of aldehydes is 1. The van der Waals surface area contributed by atoms with Crippen LogP contribution >= 0.6 is 11.8 Å². The fourth-order valence-corrected chi connectivity index (χ4v) is 2.57. The van der Waals surface area contributed by atoms with Gasteiger partial charge in [0.1, 0.15) is 6.29 Å². The van der Waals surface area contributed by atoms with Gasteiger partial charge in [-0.3, -0.25) is 4.79 Å². The summed E-state index contributed by atoms with van der Waals surface area (Å²) in [5.41, 5.74) is -1.11. The first-order chi connectivity index (χ1) is 9.81. The Bertz CT molecular complexity index is 682. The molecule has 0 bridgehead atoms. The molecule has 2 rings (SSSR count). The number of hydrogen-bond donors (Lipinski definition) is 0. The molecule has 0 heterocycles. The van der Waals surface area contributed by atoms with Crippen LogP contribution in [0.25, 0.3) is 0 Å². The molecule has 0 amide bonds. The smallest absolute Gasteiger partial charge is 0.298 e. The van der Waals surface area contributed by atoms with Gasteiger partial charge < -0.3 is 0 Å². The van der Waals surface area contributed by atoms with Crippen molar-refractivity contribution in [2.45, 2.75) is 16.0 Å². The van der Waals surface area contributed by atoms with Gasteiger partial charge in [-0.15, -0.1) is 0 Å². The fourth-order valence-electron chi connectivity index (χ4n) is 1.60. The molecule has 0 fully saturated rings. The third-order valence-electron chi connectivity index (χ3n) is 2.56. The first-order valence-corrected chi connectivity index (χ1v) is 6.42. The molecule has 0 aliphatic heterocycles. The Hall–Kier alpha value is -1.89. The molecule has 21 heavy (non-hydrogen) atoms. The second kappa shape index (κ2) is 5.85. The van der Waals surface area contributed by atoms with Gasteiger partial charge in [-0.1, -0.05) is 17.8 Å². The highest BCUT2D eigenvalue weighted by atomic mass is 32.2. The van der Waals surface area contributed by atoms with E-state index in [0.717, 1.165) is 24.3 Å². The van der Waals surface area contributed by atoms with Gasteiger partial charge in [0.25, 0.3) is 0 Å². The topological polar surface area (TPSA) is 17.1 Å². The van der Waals surface area contributed by atoms with E-state index < -0.39 is 23.4 Å². The standard InChI is InChI=1S/C14H7F5OS/c15-11-3-2-9(6-12(11)16)21-13-4-1-8(7-20)5-10(13)14(17,18)19/h1-7H. The van der Waals surface area contributed by atoms with E-state index in [1.807, 2.05) is 0 Å². The third-order valence-corrected chi connectivity index (χ3v) is 3.63. The summed E-state index contributed by atoms with van der Waals surface area (Å²) in [6.45, 7) is 0. The van der Waals surface area contributed by atoms with Crippen LogP contribution in [0.15, 0.2) is 46.2 Å². The normalized spacial score (nSPS) is 11.5. The molecule has 1 nitrogen and oxygen atoms in total. The fraction of sp³-hybridized carbons (Fsp3) is 0.0714. The summed E-state index contributed by atoms with van der Waals surface area (Å²) >= 11 is 0.641. The number of carbonyl (C=O) groups is 1. The van der Waals surface area contributed by atoms with Gasteiger partial charge >= 0.3 is 6.18 Å². The van der Waals surface area contributed by atoms with Crippen LogP contribution < -0.4 is 0 Å². The van der Waals surface area contributed by atoms with Gasteiger partial charge in [-0.05, 0) is 30.3 Å². The van der Waals surface area contributed by atoms with Crippen LogP contribution in [0.2, 0.25) is 0 Å². The summed E-state index contributed by atoms with van der Waals surface area (Å²) < 4.78 is 64.7. The molecule has 0 aliphatic carbocycles. The number of halogens is 5. The van der Waals surface area contributed by atoms with E-state index in [9.17, 15) is 26.7 Å². The lowest BCUT2D eigenvalue weighted by Crippen LogP contribution is -2.07. The number of hydrogen-bond acceptors (Lipinski definition) is 2. The van der Waals surface area contributed by atoms with Crippen LogP contribution in [-0.2, 0) is 6.18 Å². The maximum atomic E-state index is 13.1. The second-order valence-electron chi connectivity index (χ2n) is 4.05. The lowest BCUT2D eigenvalue weighted by Gasteiger charge is -2.13. The molecule has 0 unspecified atom stereocenters. The molecule has 0 N–H and O–H groups in total. The van der Waals surface area contributed by atoms with Gasteiger partial charge in [0, 0.05) is 15.4 Å². The summed E-state index contributed by atoms with van der Waals surface area (Å²) in [6.07, 6.45) is -4.35. The molecular weight excluding hydrogens is 311 g/mol. The van der Waals surface area contributed by atoms with Crippen LogP contribution in [0, 0.1) is 11.6 Å². The predicted molar refractivity (Wildman–Crippen MR) is 67.3 cm³/mol. The third kappa shape index (κ3) is 3.60. The van der Waals surface area contributed by atoms with Gasteiger partial charge in [-0.2, -0.15) is 13.2 Å². The lowest BCUT2D eigenvalue weighted by molar-refractivity contribution is -0.139. The Morgan fingerprint density at radius 3 is 2.24 bits per heavy atom. The summed E-state index contributed by atoms with van der Waals surface area (Å²) in [5, 5.41) is 0. The summed E-state index contributed by atoms with van der Waals surface area (Å²) in [4.78, 5) is 10.5. The van der Waals surface area contributed by atoms with Crippen LogP contribution in [0.5, 0.6) is 0 Å². The van der Waals surface area contributed by atoms with Crippen molar-refractivity contribution in [1.29, 1.82) is 0 Å². The van der Waals surface area contributed by atoms with Gasteiger partial charge in [-0.25, -0.2) is 8.78 Å². The molecular formula is C14H7F5OS. The Morgan fingerprint density at radius 2 is 1.67 bits per heavy atom. The average molecular weight is 318 g/mol. The van der Waals surface area contributed by atoms with E-state index >= 15 is 0 Å². The molecule has 7 heteroatoms. The molecule has 0 aliphatic rings. The molecule has 2 aromatic carbocycles. The first kappa shape index (κ1) is 15.5. The van der Waals surface area contributed by atoms with Crippen LogP contribution in [0.4, 0.5) is 22.0 Å². The van der Waals surface area contributed by atoms with E-state index in [4.69, 9.17) is 0 Å². The van der Waals surface area contributed by atoms with Gasteiger partial charge in [0.2, 0.25) is 0 Å². The number of rotatable bonds is 3. The molecule has 0 saturated heterocycles. The van der Waals surface area contributed by atoms with Crippen molar-refractivity contribution in [2.75, 3.05) is 0 Å². The molecule has 0 atom stereocenters. The van der Waals surface area contributed by atoms with Crippen molar-refractivity contribution in [3.05, 3.63) is 59.2 Å². The Morgan fingerprint density at radius 1 is 0.952 bits per heavy atom. The van der Waals surface area contributed by atoms with Crippen LogP contribution in [-0.4, -0.2) is 6.29 Å². The summed E-state index contributed by atoms with van der Waals surface area (Å²) in [5.74, 6) is -2.22. The highest BCUT2D eigenvalue weighted by Crippen LogP contribution is 2.40. The second-order valence-corrected chi connectivity index (χ2v) is 5.16. The number of benzene rings is 2. The maximum absolute atomic E-state index is 13.1. The van der Waals surface area contributed by atoms with Crippen LogP contribution in [0.1, 0.15) is 15.9 Å². The van der Waals surface area contributed by atoms with Gasteiger partial charge in [0.05, 0.1) is 5.56 Å². The van der Waals surface area contributed by atoms with Gasteiger partial charge in [0.15, 0.2) is 11.6 Å². The molecule has 0 spiro atoms. The Kier molecular flexibility index (Phi) is 4.32. The highest BCUT2D eigenvalue weighted by Gasteiger charge is 2.34. The zero-order valence-corrected chi connectivity index (χ0v) is 11.1. The van der Waals surface area contributed by atoms with E-state index in [-0.39, 0.29) is 15.4 Å². The predicted octanol–water partition coefficient (Wildman–Crippen LogP) is 4.95. The van der Waals surface area contributed by atoms with E-state index in [1.54, 1.807) is 0 Å². The van der Waals surface area contributed by atoms with E-state index in [1.165, 1.54) is 12.1 Å². The molecule has 110 valence electrons.